The number of nitrogens with zero attached hydrogens (tertiary/aromatic N) is 3. The number of anilines is 1. The van der Waals surface area contributed by atoms with E-state index in [4.69, 9.17) is 16.3 Å². The number of hydrogen-bond donors (Lipinski definition) is 0. The molecule has 2 aromatic rings. The molecule has 7 nitrogen and oxygen atoms in total. The smallest absolute Gasteiger partial charge is 0.246 e. The van der Waals surface area contributed by atoms with Crippen LogP contribution in [0.2, 0.25) is 5.02 Å². The number of carbonyl (C=O) groups is 1. The average Bonchev–Trinajstić information content (AvgIpc) is 2.83. The number of piperidine rings is 1. The quantitative estimate of drug-likeness (QED) is 0.641. The largest absolute Gasteiger partial charge is 0.495 e. The molecule has 0 radical (unpaired) electrons. The summed E-state index contributed by atoms with van der Waals surface area (Å²) in [5, 5.41) is 0.694. The number of sulfonamides is 1. The van der Waals surface area contributed by atoms with Gasteiger partial charge in [0, 0.05) is 50.0 Å². The molecule has 2 aliphatic heterocycles. The lowest BCUT2D eigenvalue weighted by Gasteiger charge is -2.39. The van der Waals surface area contributed by atoms with Crippen LogP contribution in [0.1, 0.15) is 18.4 Å². The first kappa shape index (κ1) is 23.9. The number of ether oxygens (including phenoxy) is 1. The Labute approximate surface area is 200 Å². The summed E-state index contributed by atoms with van der Waals surface area (Å²) in [6.07, 6.45) is 1.36. The zero-order valence-corrected chi connectivity index (χ0v) is 20.6. The molecule has 2 fully saturated rings. The molecular weight excluding hydrogens is 462 g/mol. The number of benzene rings is 2. The Bertz CT molecular complexity index is 1120. The van der Waals surface area contributed by atoms with Gasteiger partial charge in [-0.2, -0.15) is 4.31 Å². The number of aryl methyl sites for hydroxylation is 1. The summed E-state index contributed by atoms with van der Waals surface area (Å²) < 4.78 is 33.5. The van der Waals surface area contributed by atoms with E-state index < -0.39 is 10.0 Å². The van der Waals surface area contributed by atoms with E-state index in [0.717, 1.165) is 24.3 Å². The molecule has 178 valence electrons. The van der Waals surface area contributed by atoms with Crippen molar-refractivity contribution in [1.82, 2.24) is 9.21 Å². The van der Waals surface area contributed by atoms with Crippen molar-refractivity contribution in [3.05, 3.63) is 53.1 Å². The first-order valence-electron chi connectivity index (χ1n) is 11.2. The van der Waals surface area contributed by atoms with Crippen LogP contribution in [0.15, 0.2) is 47.4 Å². The predicted molar refractivity (Wildman–Crippen MR) is 129 cm³/mol. The van der Waals surface area contributed by atoms with Crippen molar-refractivity contribution >= 4 is 33.2 Å². The Kier molecular flexibility index (Phi) is 7.16. The van der Waals surface area contributed by atoms with E-state index in [1.807, 2.05) is 42.2 Å². The molecule has 0 spiro atoms. The van der Waals surface area contributed by atoms with E-state index in [0.29, 0.717) is 43.2 Å². The van der Waals surface area contributed by atoms with Crippen LogP contribution >= 0.6 is 11.6 Å². The van der Waals surface area contributed by atoms with E-state index in [1.54, 1.807) is 12.1 Å². The van der Waals surface area contributed by atoms with E-state index in [2.05, 4.69) is 4.90 Å². The molecule has 0 aromatic heterocycles. The van der Waals surface area contributed by atoms with E-state index in [-0.39, 0.29) is 23.3 Å². The number of methoxy groups -OCH3 is 1. The Morgan fingerprint density at radius 3 is 2.52 bits per heavy atom. The minimum absolute atomic E-state index is 0.0388. The molecule has 0 unspecified atom stereocenters. The molecule has 2 aromatic carbocycles. The number of hydrogen-bond acceptors (Lipinski definition) is 5. The highest BCUT2D eigenvalue weighted by Gasteiger charge is 2.37. The summed E-state index contributed by atoms with van der Waals surface area (Å²) >= 11 is 6.11. The van der Waals surface area contributed by atoms with Crippen LogP contribution in [0, 0.1) is 12.8 Å². The summed E-state index contributed by atoms with van der Waals surface area (Å²) in [6, 6.07) is 12.9. The van der Waals surface area contributed by atoms with Crippen LogP contribution in [-0.2, 0) is 14.8 Å². The van der Waals surface area contributed by atoms with Crippen molar-refractivity contribution in [1.29, 1.82) is 0 Å². The average molecular weight is 492 g/mol. The molecule has 4 rings (SSSR count). The number of rotatable bonds is 5. The number of carbonyl (C=O) groups excluding carboxylic acids is 1. The molecule has 1 amide bonds. The maximum Gasteiger partial charge on any atom is 0.246 e. The summed E-state index contributed by atoms with van der Waals surface area (Å²) in [4.78, 5) is 17.5. The fourth-order valence-corrected chi connectivity index (χ4v) is 6.55. The van der Waals surface area contributed by atoms with Gasteiger partial charge in [-0.05, 0) is 55.7 Å². The standard InChI is InChI=1S/C24H30ClN3O4S/c1-18-8-9-22(32-2)23(15-18)33(30,31)28-10-4-5-19(17-28)24(29)27-13-11-26(12-14-27)21-7-3-6-20(25)16-21/h3,6-9,15-16,19H,4-5,10-14,17H2,1-2H3/t19-/m0/s1. The van der Waals surface area contributed by atoms with Gasteiger partial charge in [0.1, 0.15) is 10.6 Å². The molecule has 0 bridgehead atoms. The SMILES string of the molecule is COc1ccc(C)cc1S(=O)(=O)N1CCC[C@H](C(=O)N2CCN(c3cccc(Cl)c3)CC2)C1. The van der Waals surface area contributed by atoms with Gasteiger partial charge in [0.2, 0.25) is 15.9 Å². The second-order valence-electron chi connectivity index (χ2n) is 8.65. The second-order valence-corrected chi connectivity index (χ2v) is 11.0. The zero-order chi connectivity index (χ0) is 23.6. The predicted octanol–water partition coefficient (Wildman–Crippen LogP) is 3.41. The molecule has 9 heteroatoms. The van der Waals surface area contributed by atoms with Crippen LogP contribution in [0.5, 0.6) is 5.75 Å². The summed E-state index contributed by atoms with van der Waals surface area (Å²) in [7, 11) is -2.29. The maximum absolute atomic E-state index is 13.4. The Hall–Kier alpha value is -2.29. The highest BCUT2D eigenvalue weighted by Crippen LogP contribution is 2.31. The summed E-state index contributed by atoms with van der Waals surface area (Å²) in [5.74, 6) is 0.0325. The topological polar surface area (TPSA) is 70.2 Å². The van der Waals surface area contributed by atoms with Crippen molar-refractivity contribution in [3.63, 3.8) is 0 Å². The third-order valence-corrected chi connectivity index (χ3v) is 8.56. The third-order valence-electron chi connectivity index (χ3n) is 6.44. The lowest BCUT2D eigenvalue weighted by molar-refractivity contribution is -0.137. The number of piperazine rings is 1. The molecule has 33 heavy (non-hydrogen) atoms. The molecule has 2 aliphatic rings. The molecule has 0 aliphatic carbocycles. The van der Waals surface area contributed by atoms with E-state index in [1.165, 1.54) is 11.4 Å². The molecule has 2 heterocycles. The summed E-state index contributed by atoms with van der Waals surface area (Å²) in [5.41, 5.74) is 1.90. The van der Waals surface area contributed by atoms with Crippen LogP contribution in [-0.4, -0.2) is 69.9 Å². The van der Waals surface area contributed by atoms with Gasteiger partial charge in [-0.25, -0.2) is 8.42 Å². The van der Waals surface area contributed by atoms with Crippen molar-refractivity contribution in [3.8, 4) is 5.75 Å². The maximum atomic E-state index is 13.4. The van der Waals surface area contributed by atoms with Crippen LogP contribution in [0.3, 0.4) is 0 Å². The van der Waals surface area contributed by atoms with Gasteiger partial charge in [-0.1, -0.05) is 23.7 Å². The van der Waals surface area contributed by atoms with E-state index >= 15 is 0 Å². The van der Waals surface area contributed by atoms with Crippen LogP contribution in [0.25, 0.3) is 0 Å². The van der Waals surface area contributed by atoms with Crippen molar-refractivity contribution in [2.75, 3.05) is 51.3 Å². The molecule has 0 saturated carbocycles. The van der Waals surface area contributed by atoms with Gasteiger partial charge >= 0.3 is 0 Å². The van der Waals surface area contributed by atoms with Gasteiger partial charge in [0.25, 0.3) is 0 Å². The zero-order valence-electron chi connectivity index (χ0n) is 19.0. The minimum atomic E-state index is -3.76. The van der Waals surface area contributed by atoms with Crippen molar-refractivity contribution in [2.24, 2.45) is 5.92 Å². The van der Waals surface area contributed by atoms with Gasteiger partial charge in [0.05, 0.1) is 13.0 Å². The Morgan fingerprint density at radius 2 is 1.82 bits per heavy atom. The summed E-state index contributed by atoms with van der Waals surface area (Å²) in [6.45, 7) is 5.13. The molecule has 1 atom stereocenters. The van der Waals surface area contributed by atoms with Gasteiger partial charge in [-0.3, -0.25) is 4.79 Å². The van der Waals surface area contributed by atoms with E-state index in [9.17, 15) is 13.2 Å². The first-order chi connectivity index (χ1) is 15.8. The number of halogens is 1. The van der Waals surface area contributed by atoms with Gasteiger partial charge < -0.3 is 14.5 Å². The normalized spacial score (nSPS) is 20.0. The molecule has 0 N–H and O–H groups in total. The second kappa shape index (κ2) is 9.91. The fraction of sp³-hybridized carbons (Fsp3) is 0.458. The van der Waals surface area contributed by atoms with Crippen LogP contribution in [0.4, 0.5) is 5.69 Å². The third kappa shape index (κ3) is 5.13. The lowest BCUT2D eigenvalue weighted by Crippen LogP contribution is -2.53. The molecule has 2 saturated heterocycles. The first-order valence-corrected chi connectivity index (χ1v) is 13.1. The van der Waals surface area contributed by atoms with Crippen molar-refractivity contribution < 1.29 is 17.9 Å². The Morgan fingerprint density at radius 1 is 1.06 bits per heavy atom. The number of amides is 1. The molecular formula is C24H30ClN3O4S. The van der Waals surface area contributed by atoms with Gasteiger partial charge in [-0.15, -0.1) is 0 Å². The highest BCUT2D eigenvalue weighted by atomic mass is 35.5. The highest BCUT2D eigenvalue weighted by molar-refractivity contribution is 7.89. The Balaban J connectivity index is 1.42. The fourth-order valence-electron chi connectivity index (χ4n) is 4.60. The minimum Gasteiger partial charge on any atom is -0.495 e. The monoisotopic (exact) mass is 491 g/mol. The van der Waals surface area contributed by atoms with Crippen molar-refractivity contribution in [2.45, 2.75) is 24.7 Å². The lowest BCUT2D eigenvalue weighted by atomic mass is 9.97. The van der Waals surface area contributed by atoms with Gasteiger partial charge in [0.15, 0.2) is 0 Å². The van der Waals surface area contributed by atoms with Crippen LogP contribution < -0.4 is 9.64 Å².